The molecule has 0 aromatic carbocycles. The first-order chi connectivity index (χ1) is 8.56. The Hall–Kier alpha value is -1.90. The van der Waals surface area contributed by atoms with Crippen molar-refractivity contribution in [3.63, 3.8) is 0 Å². The van der Waals surface area contributed by atoms with Crippen LogP contribution < -0.4 is 0 Å². The monoisotopic (exact) mass is 268 g/mol. The number of aromatic nitrogens is 6. The highest BCUT2D eigenvalue weighted by molar-refractivity contribution is 7.99. The van der Waals surface area contributed by atoms with E-state index in [1.165, 1.54) is 0 Å². The van der Waals surface area contributed by atoms with Gasteiger partial charge in [-0.05, 0) is 6.92 Å². The minimum absolute atomic E-state index is 0.0478. The zero-order valence-electron chi connectivity index (χ0n) is 9.94. The summed E-state index contributed by atoms with van der Waals surface area (Å²) in [6.07, 6.45) is 1.61. The van der Waals surface area contributed by atoms with Crippen molar-refractivity contribution in [2.75, 3.05) is 5.75 Å². The van der Waals surface area contributed by atoms with Gasteiger partial charge in [0.2, 0.25) is 0 Å². The Balaban J connectivity index is 2.16. The maximum Gasteiger partial charge on any atom is 0.313 e. The summed E-state index contributed by atoms with van der Waals surface area (Å²) in [7, 11) is 1.79. The minimum Gasteiger partial charge on any atom is -0.481 e. The van der Waals surface area contributed by atoms with Crippen LogP contribution in [0, 0.1) is 6.92 Å². The van der Waals surface area contributed by atoms with Gasteiger partial charge in [-0.2, -0.15) is 5.10 Å². The Kier molecular flexibility index (Phi) is 3.60. The summed E-state index contributed by atoms with van der Waals surface area (Å²) in [5.74, 6) is 0.407. The van der Waals surface area contributed by atoms with E-state index in [0.717, 1.165) is 11.8 Å². The number of hydrogen-bond acceptors (Lipinski definition) is 6. The zero-order valence-corrected chi connectivity index (χ0v) is 10.8. The van der Waals surface area contributed by atoms with E-state index in [4.69, 9.17) is 5.11 Å². The van der Waals surface area contributed by atoms with Crippen LogP contribution in [0.15, 0.2) is 11.5 Å². The number of rotatable bonds is 5. The van der Waals surface area contributed by atoms with Crippen molar-refractivity contribution in [2.24, 2.45) is 7.05 Å². The molecule has 0 aliphatic carbocycles. The SMILES string of the molecule is Cc1nnc(SCC(=O)O)n1Cc1ncn(C)n1. The number of nitrogens with zero attached hydrogens (tertiary/aromatic N) is 6. The summed E-state index contributed by atoms with van der Waals surface area (Å²) in [6.45, 7) is 2.24. The van der Waals surface area contributed by atoms with Gasteiger partial charge in [-0.15, -0.1) is 10.2 Å². The first kappa shape index (κ1) is 12.6. The third kappa shape index (κ3) is 2.86. The number of hydrogen-bond donors (Lipinski definition) is 1. The van der Waals surface area contributed by atoms with Crippen LogP contribution >= 0.6 is 11.8 Å². The summed E-state index contributed by atoms with van der Waals surface area (Å²) < 4.78 is 3.40. The minimum atomic E-state index is -0.886. The van der Waals surface area contributed by atoms with Crippen molar-refractivity contribution in [2.45, 2.75) is 18.6 Å². The van der Waals surface area contributed by atoms with Crippen molar-refractivity contribution in [1.29, 1.82) is 0 Å². The largest absolute Gasteiger partial charge is 0.481 e. The lowest BCUT2D eigenvalue weighted by atomic mass is 10.5. The molecule has 0 atom stereocenters. The summed E-state index contributed by atoms with van der Waals surface area (Å²) in [4.78, 5) is 14.7. The average Bonchev–Trinajstić information content (AvgIpc) is 2.85. The highest BCUT2D eigenvalue weighted by Gasteiger charge is 2.13. The van der Waals surface area contributed by atoms with Gasteiger partial charge in [-0.1, -0.05) is 11.8 Å². The van der Waals surface area contributed by atoms with E-state index in [-0.39, 0.29) is 5.75 Å². The van der Waals surface area contributed by atoms with Gasteiger partial charge < -0.3 is 5.11 Å². The third-order valence-electron chi connectivity index (χ3n) is 2.17. The van der Waals surface area contributed by atoms with E-state index in [1.807, 2.05) is 0 Å². The number of carbonyl (C=O) groups is 1. The van der Waals surface area contributed by atoms with Crippen LogP contribution in [-0.2, 0) is 18.4 Å². The van der Waals surface area contributed by atoms with Crippen molar-refractivity contribution < 1.29 is 9.90 Å². The molecule has 96 valence electrons. The lowest BCUT2D eigenvalue weighted by Gasteiger charge is -2.04. The summed E-state index contributed by atoms with van der Waals surface area (Å²) >= 11 is 1.13. The number of carboxylic acid groups (broad SMARTS) is 1. The summed E-state index contributed by atoms with van der Waals surface area (Å²) in [6, 6.07) is 0. The first-order valence-electron chi connectivity index (χ1n) is 5.15. The van der Waals surface area contributed by atoms with Crippen LogP contribution in [0.25, 0.3) is 0 Å². The van der Waals surface area contributed by atoms with E-state index >= 15 is 0 Å². The molecule has 9 heteroatoms. The fourth-order valence-corrected chi connectivity index (χ4v) is 2.08. The Labute approximate surface area is 107 Å². The number of thioether (sulfide) groups is 1. The molecule has 0 aliphatic rings. The van der Waals surface area contributed by atoms with E-state index in [1.54, 1.807) is 29.5 Å². The van der Waals surface area contributed by atoms with E-state index in [9.17, 15) is 4.79 Å². The van der Waals surface area contributed by atoms with Crippen LogP contribution in [0.2, 0.25) is 0 Å². The van der Waals surface area contributed by atoms with Gasteiger partial charge in [0.1, 0.15) is 12.2 Å². The lowest BCUT2D eigenvalue weighted by molar-refractivity contribution is -0.133. The molecule has 0 unspecified atom stereocenters. The van der Waals surface area contributed by atoms with Crippen molar-refractivity contribution >= 4 is 17.7 Å². The van der Waals surface area contributed by atoms with Gasteiger partial charge in [0.05, 0.1) is 12.3 Å². The molecule has 1 N–H and O–H groups in total. The second-order valence-corrected chi connectivity index (χ2v) is 4.58. The smallest absolute Gasteiger partial charge is 0.313 e. The third-order valence-corrected chi connectivity index (χ3v) is 3.12. The Morgan fingerprint density at radius 2 is 2.28 bits per heavy atom. The van der Waals surface area contributed by atoms with Crippen LogP contribution in [0.1, 0.15) is 11.6 Å². The molecule has 0 fully saturated rings. The van der Waals surface area contributed by atoms with E-state index in [2.05, 4.69) is 20.3 Å². The van der Waals surface area contributed by atoms with Crippen molar-refractivity contribution in [3.05, 3.63) is 18.0 Å². The lowest BCUT2D eigenvalue weighted by Crippen LogP contribution is -2.07. The predicted octanol–water partition coefficient (Wildman–Crippen LogP) is -0.0600. The normalized spacial score (nSPS) is 10.8. The molecule has 2 aromatic rings. The molecule has 0 radical (unpaired) electrons. The molecule has 18 heavy (non-hydrogen) atoms. The van der Waals surface area contributed by atoms with E-state index in [0.29, 0.717) is 23.4 Å². The summed E-state index contributed by atoms with van der Waals surface area (Å²) in [5.41, 5.74) is 0. The molecule has 0 aliphatic heterocycles. The second kappa shape index (κ2) is 5.17. The number of carboxylic acids is 1. The molecule has 2 heterocycles. The fraction of sp³-hybridized carbons (Fsp3) is 0.444. The van der Waals surface area contributed by atoms with Gasteiger partial charge in [0, 0.05) is 7.05 Å². The van der Waals surface area contributed by atoms with Crippen molar-refractivity contribution in [3.8, 4) is 0 Å². The predicted molar refractivity (Wildman–Crippen MR) is 63.2 cm³/mol. The Morgan fingerprint density at radius 1 is 1.50 bits per heavy atom. The molecular formula is C9H12N6O2S. The highest BCUT2D eigenvalue weighted by atomic mass is 32.2. The molecule has 0 saturated heterocycles. The van der Waals surface area contributed by atoms with Gasteiger partial charge >= 0.3 is 5.97 Å². The van der Waals surface area contributed by atoms with E-state index < -0.39 is 5.97 Å². The van der Waals surface area contributed by atoms with Crippen molar-refractivity contribution in [1.82, 2.24) is 29.5 Å². The molecule has 2 aromatic heterocycles. The zero-order chi connectivity index (χ0) is 13.1. The Bertz CT molecular complexity index is 563. The van der Waals surface area contributed by atoms with Gasteiger partial charge in [-0.3, -0.25) is 14.0 Å². The van der Waals surface area contributed by atoms with Crippen LogP contribution in [-0.4, -0.2) is 46.4 Å². The average molecular weight is 268 g/mol. The van der Waals surface area contributed by atoms with Crippen LogP contribution in [0.3, 0.4) is 0 Å². The second-order valence-electron chi connectivity index (χ2n) is 3.63. The Morgan fingerprint density at radius 3 is 2.89 bits per heavy atom. The quantitative estimate of drug-likeness (QED) is 0.758. The number of aryl methyl sites for hydroxylation is 2. The molecule has 0 saturated carbocycles. The molecule has 8 nitrogen and oxygen atoms in total. The standard InChI is InChI=1S/C9H12N6O2S/c1-6-11-12-9(18-4-8(16)17)15(6)3-7-10-5-14(2)13-7/h5H,3-4H2,1-2H3,(H,16,17). The van der Waals surface area contributed by atoms with Gasteiger partial charge in [0.25, 0.3) is 0 Å². The molecule has 0 bridgehead atoms. The van der Waals surface area contributed by atoms with Gasteiger partial charge in [0.15, 0.2) is 11.0 Å². The topological polar surface area (TPSA) is 98.7 Å². The van der Waals surface area contributed by atoms with Crippen LogP contribution in [0.5, 0.6) is 0 Å². The molecule has 2 rings (SSSR count). The number of aliphatic carboxylic acids is 1. The maximum atomic E-state index is 10.5. The molecular weight excluding hydrogens is 256 g/mol. The van der Waals surface area contributed by atoms with Gasteiger partial charge in [-0.25, -0.2) is 4.98 Å². The molecule has 0 amide bonds. The first-order valence-corrected chi connectivity index (χ1v) is 6.13. The summed E-state index contributed by atoms with van der Waals surface area (Å²) in [5, 5.41) is 21.3. The maximum absolute atomic E-state index is 10.5. The highest BCUT2D eigenvalue weighted by Crippen LogP contribution is 2.17. The fourth-order valence-electron chi connectivity index (χ4n) is 1.37. The molecule has 0 spiro atoms. The van der Waals surface area contributed by atoms with Crippen LogP contribution in [0.4, 0.5) is 0 Å².